The highest BCUT2D eigenvalue weighted by atomic mass is 32.2. The highest BCUT2D eigenvalue weighted by Gasteiger charge is 2.35. The van der Waals surface area contributed by atoms with E-state index in [0.29, 0.717) is 6.42 Å². The Morgan fingerprint density at radius 3 is 2.53 bits per heavy atom. The summed E-state index contributed by atoms with van der Waals surface area (Å²) in [6, 6.07) is 2.92. The van der Waals surface area contributed by atoms with Crippen LogP contribution in [0.15, 0.2) is 18.2 Å². The second-order valence-electron chi connectivity index (χ2n) is 4.55. The highest BCUT2D eigenvalue weighted by molar-refractivity contribution is 7.91. The number of nitrogens with one attached hydrogen (secondary N) is 1. The van der Waals surface area contributed by atoms with Crippen LogP contribution in [-0.4, -0.2) is 26.0 Å². The first-order chi connectivity index (χ1) is 8.67. The molecule has 106 valence electrons. The van der Waals surface area contributed by atoms with Crippen LogP contribution in [0.1, 0.15) is 12.0 Å². The summed E-state index contributed by atoms with van der Waals surface area (Å²) in [4.78, 5) is 0. The van der Waals surface area contributed by atoms with Crippen LogP contribution in [0.5, 0.6) is 0 Å². The largest absolute Gasteiger partial charge is 0.418 e. The molecule has 0 amide bonds. The molecule has 0 aromatic heterocycles. The molecule has 3 N–H and O–H groups in total. The van der Waals surface area contributed by atoms with Gasteiger partial charge in [-0.05, 0) is 24.6 Å². The van der Waals surface area contributed by atoms with Gasteiger partial charge in [-0.25, -0.2) is 8.42 Å². The van der Waals surface area contributed by atoms with Crippen molar-refractivity contribution < 1.29 is 21.6 Å². The van der Waals surface area contributed by atoms with E-state index < -0.39 is 27.6 Å². The van der Waals surface area contributed by atoms with Crippen molar-refractivity contribution in [1.82, 2.24) is 0 Å². The summed E-state index contributed by atoms with van der Waals surface area (Å²) in [5.74, 6) is -0.143. The minimum absolute atomic E-state index is 0.000982. The highest BCUT2D eigenvalue weighted by Crippen LogP contribution is 2.36. The molecule has 19 heavy (non-hydrogen) atoms. The van der Waals surface area contributed by atoms with Gasteiger partial charge in [-0.15, -0.1) is 0 Å². The maximum atomic E-state index is 12.8. The van der Waals surface area contributed by atoms with Gasteiger partial charge in [-0.1, -0.05) is 0 Å². The lowest BCUT2D eigenvalue weighted by Gasteiger charge is -2.18. The van der Waals surface area contributed by atoms with Crippen LogP contribution in [0.2, 0.25) is 0 Å². The van der Waals surface area contributed by atoms with Crippen LogP contribution in [-0.2, 0) is 16.0 Å². The lowest BCUT2D eigenvalue weighted by molar-refractivity contribution is -0.136. The van der Waals surface area contributed by atoms with Crippen molar-refractivity contribution in [2.45, 2.75) is 18.6 Å². The molecule has 1 aromatic rings. The van der Waals surface area contributed by atoms with Gasteiger partial charge in [-0.3, -0.25) is 0 Å². The maximum absolute atomic E-state index is 12.8. The minimum atomic E-state index is -4.53. The zero-order valence-electron chi connectivity index (χ0n) is 9.87. The molecule has 1 aliphatic rings. The molecular weight excluding hydrogens is 281 g/mol. The van der Waals surface area contributed by atoms with Crippen molar-refractivity contribution >= 4 is 21.2 Å². The van der Waals surface area contributed by atoms with Crippen molar-refractivity contribution in [3.8, 4) is 0 Å². The van der Waals surface area contributed by atoms with E-state index in [0.717, 1.165) is 6.07 Å². The fraction of sp³-hybridized carbons (Fsp3) is 0.455. The minimum Gasteiger partial charge on any atom is -0.399 e. The topological polar surface area (TPSA) is 72.2 Å². The number of hydrogen-bond acceptors (Lipinski definition) is 4. The predicted octanol–water partition coefficient (Wildman–Crippen LogP) is 1.89. The van der Waals surface area contributed by atoms with Gasteiger partial charge in [0.15, 0.2) is 9.84 Å². The van der Waals surface area contributed by atoms with E-state index in [9.17, 15) is 21.6 Å². The van der Waals surface area contributed by atoms with Crippen molar-refractivity contribution in [1.29, 1.82) is 0 Å². The summed E-state index contributed by atoms with van der Waals surface area (Å²) >= 11 is 0. The SMILES string of the molecule is Nc1ccc(NC2CCS(=O)(=O)C2)c(C(F)(F)F)c1. The van der Waals surface area contributed by atoms with E-state index in [1.54, 1.807) is 0 Å². The summed E-state index contributed by atoms with van der Waals surface area (Å²) in [5, 5.41) is 2.64. The van der Waals surface area contributed by atoms with Crippen molar-refractivity contribution in [2.75, 3.05) is 22.6 Å². The van der Waals surface area contributed by atoms with Crippen LogP contribution in [0.4, 0.5) is 24.5 Å². The monoisotopic (exact) mass is 294 g/mol. The number of anilines is 2. The number of halogens is 3. The van der Waals surface area contributed by atoms with Crippen LogP contribution >= 0.6 is 0 Å². The standard InChI is InChI=1S/C11H13F3N2O2S/c12-11(13,14)9-5-7(15)1-2-10(9)16-8-3-4-19(17,18)6-8/h1-2,5,8,16H,3-4,6,15H2. The predicted molar refractivity (Wildman–Crippen MR) is 66.5 cm³/mol. The normalized spacial score (nSPS) is 22.4. The third-order valence-corrected chi connectivity index (χ3v) is 4.71. The Kier molecular flexibility index (Phi) is 3.38. The summed E-state index contributed by atoms with van der Waals surface area (Å²) in [5.41, 5.74) is 4.35. The first-order valence-electron chi connectivity index (χ1n) is 5.61. The first-order valence-corrected chi connectivity index (χ1v) is 7.43. The molecule has 8 heteroatoms. The summed E-state index contributed by atoms with van der Waals surface area (Å²) < 4.78 is 61.1. The molecule has 1 heterocycles. The van der Waals surface area contributed by atoms with E-state index in [1.165, 1.54) is 12.1 Å². The van der Waals surface area contributed by atoms with Gasteiger partial charge in [0.25, 0.3) is 0 Å². The number of sulfone groups is 1. The second kappa shape index (κ2) is 4.59. The molecule has 0 radical (unpaired) electrons. The van der Waals surface area contributed by atoms with Gasteiger partial charge in [0.1, 0.15) is 0 Å². The molecule has 1 aliphatic heterocycles. The van der Waals surface area contributed by atoms with E-state index in [2.05, 4.69) is 5.32 Å². The number of rotatable bonds is 2. The zero-order valence-corrected chi connectivity index (χ0v) is 10.7. The molecular formula is C11H13F3N2O2S. The molecule has 1 fully saturated rings. The number of nitrogen functional groups attached to an aromatic ring is 1. The average Bonchev–Trinajstić information content (AvgIpc) is 2.59. The van der Waals surface area contributed by atoms with Crippen molar-refractivity contribution in [3.05, 3.63) is 23.8 Å². The van der Waals surface area contributed by atoms with E-state index in [-0.39, 0.29) is 22.9 Å². The Morgan fingerprint density at radius 2 is 2.00 bits per heavy atom. The number of nitrogens with two attached hydrogens (primary N) is 1. The van der Waals surface area contributed by atoms with Crippen LogP contribution in [0.3, 0.4) is 0 Å². The fourth-order valence-electron chi connectivity index (χ4n) is 2.05. The van der Waals surface area contributed by atoms with Crippen LogP contribution in [0.25, 0.3) is 0 Å². The third kappa shape index (κ3) is 3.31. The number of hydrogen-bond donors (Lipinski definition) is 2. The average molecular weight is 294 g/mol. The van der Waals surface area contributed by atoms with Crippen molar-refractivity contribution in [2.24, 2.45) is 0 Å². The molecule has 0 aliphatic carbocycles. The number of alkyl halides is 3. The van der Waals surface area contributed by atoms with Gasteiger partial charge in [0.05, 0.1) is 17.1 Å². The fourth-order valence-corrected chi connectivity index (χ4v) is 3.72. The Hall–Kier alpha value is -1.44. The molecule has 1 aromatic carbocycles. The third-order valence-electron chi connectivity index (χ3n) is 2.94. The Bertz CT molecular complexity index is 584. The number of benzene rings is 1. The van der Waals surface area contributed by atoms with Gasteiger partial charge in [0, 0.05) is 17.4 Å². The molecule has 0 bridgehead atoms. The molecule has 4 nitrogen and oxygen atoms in total. The Morgan fingerprint density at radius 1 is 1.32 bits per heavy atom. The first kappa shape index (κ1) is 14.0. The Balaban J connectivity index is 2.26. The van der Waals surface area contributed by atoms with E-state index in [4.69, 9.17) is 5.73 Å². The summed E-state index contributed by atoms with van der Waals surface area (Å²) in [7, 11) is -3.14. The van der Waals surface area contributed by atoms with Gasteiger partial charge >= 0.3 is 6.18 Å². The summed E-state index contributed by atoms with van der Waals surface area (Å²) in [6.07, 6.45) is -4.22. The summed E-state index contributed by atoms with van der Waals surface area (Å²) in [6.45, 7) is 0. The second-order valence-corrected chi connectivity index (χ2v) is 6.78. The zero-order chi connectivity index (χ0) is 14.3. The van der Waals surface area contributed by atoms with Crippen LogP contribution < -0.4 is 11.1 Å². The molecule has 0 saturated carbocycles. The molecule has 1 saturated heterocycles. The Labute approximate surface area is 108 Å². The van der Waals surface area contributed by atoms with E-state index in [1.807, 2.05) is 0 Å². The lowest BCUT2D eigenvalue weighted by Crippen LogP contribution is -2.23. The molecule has 1 atom stereocenters. The molecule has 0 spiro atoms. The molecule has 2 rings (SSSR count). The molecule has 1 unspecified atom stereocenters. The smallest absolute Gasteiger partial charge is 0.399 e. The van der Waals surface area contributed by atoms with Gasteiger partial charge in [-0.2, -0.15) is 13.2 Å². The van der Waals surface area contributed by atoms with Gasteiger partial charge in [0.2, 0.25) is 0 Å². The van der Waals surface area contributed by atoms with Crippen LogP contribution in [0, 0.1) is 0 Å². The van der Waals surface area contributed by atoms with Gasteiger partial charge < -0.3 is 11.1 Å². The maximum Gasteiger partial charge on any atom is 0.418 e. The van der Waals surface area contributed by atoms with E-state index >= 15 is 0 Å². The van der Waals surface area contributed by atoms with Crippen molar-refractivity contribution in [3.63, 3.8) is 0 Å². The lowest BCUT2D eigenvalue weighted by atomic mass is 10.1. The quantitative estimate of drug-likeness (QED) is 0.817.